The summed E-state index contributed by atoms with van der Waals surface area (Å²) in [5, 5.41) is 5.83. The van der Waals surface area contributed by atoms with Crippen molar-refractivity contribution in [3.63, 3.8) is 0 Å². The first-order chi connectivity index (χ1) is 12.0. The molecular formula is C18H16FN3O3. The van der Waals surface area contributed by atoms with Crippen LogP contribution in [0.4, 0.5) is 4.39 Å². The molecule has 0 radical (unpaired) electrons. The minimum absolute atomic E-state index is 0.118. The Balaban J connectivity index is 1.83. The van der Waals surface area contributed by atoms with E-state index in [0.29, 0.717) is 10.9 Å². The maximum Gasteiger partial charge on any atom is 0.270 e. The summed E-state index contributed by atoms with van der Waals surface area (Å²) < 4.78 is 19.0. The molecule has 128 valence electrons. The molecule has 6 nitrogen and oxygen atoms in total. The van der Waals surface area contributed by atoms with Gasteiger partial charge in [0.05, 0.1) is 12.3 Å². The number of nitrogens with zero attached hydrogens (tertiary/aromatic N) is 1. The SMILES string of the molecule is CNC(=O)c1cccc(C(=O)N[C@H](C)c2coc3c(F)cccc23)n1. The number of halogens is 1. The lowest BCUT2D eigenvalue weighted by molar-refractivity contribution is 0.0934. The summed E-state index contributed by atoms with van der Waals surface area (Å²) in [5.41, 5.74) is 1.08. The average Bonchev–Trinajstić information content (AvgIpc) is 3.06. The van der Waals surface area contributed by atoms with Gasteiger partial charge in [0.15, 0.2) is 11.4 Å². The molecule has 0 aliphatic rings. The third-order valence-corrected chi connectivity index (χ3v) is 3.84. The van der Waals surface area contributed by atoms with Crippen LogP contribution in [0.5, 0.6) is 0 Å². The number of carbonyl (C=O) groups excluding carboxylic acids is 2. The molecule has 3 aromatic rings. The van der Waals surface area contributed by atoms with Crippen molar-refractivity contribution in [1.29, 1.82) is 0 Å². The zero-order chi connectivity index (χ0) is 18.0. The van der Waals surface area contributed by atoms with Gasteiger partial charge in [-0.25, -0.2) is 9.37 Å². The molecule has 0 saturated carbocycles. The molecule has 2 aromatic heterocycles. The van der Waals surface area contributed by atoms with Crippen LogP contribution < -0.4 is 10.6 Å². The molecule has 0 spiro atoms. The fourth-order valence-corrected chi connectivity index (χ4v) is 2.54. The van der Waals surface area contributed by atoms with Gasteiger partial charge in [-0.15, -0.1) is 0 Å². The summed E-state index contributed by atoms with van der Waals surface area (Å²) >= 11 is 0. The number of para-hydroxylation sites is 1. The smallest absolute Gasteiger partial charge is 0.270 e. The molecule has 0 saturated heterocycles. The van der Waals surface area contributed by atoms with Crippen LogP contribution >= 0.6 is 0 Å². The predicted octanol–water partition coefficient (Wildman–Crippen LogP) is 2.82. The van der Waals surface area contributed by atoms with E-state index in [4.69, 9.17) is 4.42 Å². The second-order valence-electron chi connectivity index (χ2n) is 5.49. The van der Waals surface area contributed by atoms with Gasteiger partial charge in [0, 0.05) is 18.0 Å². The van der Waals surface area contributed by atoms with Crippen LogP contribution in [0.25, 0.3) is 11.0 Å². The third kappa shape index (κ3) is 3.21. The minimum Gasteiger partial charge on any atom is -0.461 e. The Morgan fingerprint density at radius 3 is 2.52 bits per heavy atom. The number of hydrogen-bond acceptors (Lipinski definition) is 4. The molecule has 3 rings (SSSR count). The Kier molecular flexibility index (Phi) is 4.47. The van der Waals surface area contributed by atoms with Gasteiger partial charge in [0.25, 0.3) is 11.8 Å². The molecule has 1 aromatic carbocycles. The normalized spacial score (nSPS) is 12.0. The van der Waals surface area contributed by atoms with Crippen molar-refractivity contribution in [2.75, 3.05) is 7.05 Å². The van der Waals surface area contributed by atoms with Crippen LogP contribution in [0.1, 0.15) is 39.5 Å². The monoisotopic (exact) mass is 341 g/mol. The Morgan fingerprint density at radius 2 is 1.80 bits per heavy atom. The number of pyridine rings is 1. The molecule has 0 aliphatic heterocycles. The van der Waals surface area contributed by atoms with Crippen LogP contribution in [0.15, 0.2) is 47.1 Å². The molecule has 1 atom stereocenters. The van der Waals surface area contributed by atoms with Gasteiger partial charge in [-0.2, -0.15) is 0 Å². The predicted molar refractivity (Wildman–Crippen MR) is 89.7 cm³/mol. The van der Waals surface area contributed by atoms with Gasteiger partial charge in [0.2, 0.25) is 0 Å². The Bertz CT molecular complexity index is 952. The lowest BCUT2D eigenvalue weighted by atomic mass is 10.1. The van der Waals surface area contributed by atoms with Crippen LogP contribution in [-0.4, -0.2) is 23.8 Å². The van der Waals surface area contributed by atoms with E-state index in [2.05, 4.69) is 15.6 Å². The fraction of sp³-hybridized carbons (Fsp3) is 0.167. The zero-order valence-corrected chi connectivity index (χ0v) is 13.7. The Labute approximate surface area is 143 Å². The summed E-state index contributed by atoms with van der Waals surface area (Å²) in [6.07, 6.45) is 1.42. The van der Waals surface area contributed by atoms with E-state index in [1.807, 2.05) is 0 Å². The molecule has 2 N–H and O–H groups in total. The van der Waals surface area contributed by atoms with Crippen molar-refractivity contribution in [2.24, 2.45) is 0 Å². The first kappa shape index (κ1) is 16.6. The molecule has 7 heteroatoms. The maximum atomic E-state index is 13.7. The number of furan rings is 1. The minimum atomic E-state index is -0.456. The highest BCUT2D eigenvalue weighted by molar-refractivity contribution is 5.96. The number of amides is 2. The van der Waals surface area contributed by atoms with E-state index in [-0.39, 0.29) is 22.9 Å². The number of nitrogens with one attached hydrogen (secondary N) is 2. The molecule has 2 heterocycles. The Morgan fingerprint density at radius 1 is 1.12 bits per heavy atom. The zero-order valence-electron chi connectivity index (χ0n) is 13.7. The van der Waals surface area contributed by atoms with Gasteiger partial charge in [0.1, 0.15) is 11.4 Å². The summed E-state index contributed by atoms with van der Waals surface area (Å²) in [5.74, 6) is -1.27. The molecular weight excluding hydrogens is 325 g/mol. The molecule has 0 fully saturated rings. The van der Waals surface area contributed by atoms with Gasteiger partial charge in [-0.1, -0.05) is 18.2 Å². The molecule has 0 unspecified atom stereocenters. The van der Waals surface area contributed by atoms with Crippen LogP contribution in [0.2, 0.25) is 0 Å². The van der Waals surface area contributed by atoms with Crippen molar-refractivity contribution in [3.8, 4) is 0 Å². The van der Waals surface area contributed by atoms with E-state index in [1.165, 1.54) is 31.5 Å². The van der Waals surface area contributed by atoms with Crippen molar-refractivity contribution >= 4 is 22.8 Å². The highest BCUT2D eigenvalue weighted by atomic mass is 19.1. The molecule has 2 amide bonds. The number of fused-ring (bicyclic) bond motifs is 1. The first-order valence-corrected chi connectivity index (χ1v) is 7.67. The first-order valence-electron chi connectivity index (χ1n) is 7.67. The van der Waals surface area contributed by atoms with E-state index < -0.39 is 17.8 Å². The van der Waals surface area contributed by atoms with E-state index >= 15 is 0 Å². The highest BCUT2D eigenvalue weighted by Gasteiger charge is 2.19. The van der Waals surface area contributed by atoms with Gasteiger partial charge in [-0.05, 0) is 25.1 Å². The summed E-state index contributed by atoms with van der Waals surface area (Å²) in [6.45, 7) is 1.76. The van der Waals surface area contributed by atoms with E-state index in [0.717, 1.165) is 0 Å². The van der Waals surface area contributed by atoms with Gasteiger partial charge < -0.3 is 15.1 Å². The van der Waals surface area contributed by atoms with Crippen molar-refractivity contribution in [1.82, 2.24) is 15.6 Å². The van der Waals surface area contributed by atoms with E-state index in [9.17, 15) is 14.0 Å². The standard InChI is InChI=1S/C18H16FN3O3/c1-10(12-9-25-16-11(12)5-3-6-13(16)19)21-18(24)15-8-4-7-14(22-15)17(23)20-2/h3-10H,1-2H3,(H,20,23)(H,21,24)/t10-/m1/s1. The lowest BCUT2D eigenvalue weighted by Gasteiger charge is -2.13. The lowest BCUT2D eigenvalue weighted by Crippen LogP contribution is -2.28. The number of aromatic nitrogens is 1. The number of benzene rings is 1. The maximum absolute atomic E-state index is 13.7. The second kappa shape index (κ2) is 6.72. The molecule has 0 bridgehead atoms. The quantitative estimate of drug-likeness (QED) is 0.764. The summed E-state index contributed by atoms with van der Waals surface area (Å²) in [7, 11) is 1.49. The van der Waals surface area contributed by atoms with Crippen molar-refractivity contribution in [2.45, 2.75) is 13.0 Å². The van der Waals surface area contributed by atoms with Crippen LogP contribution in [0, 0.1) is 5.82 Å². The topological polar surface area (TPSA) is 84.2 Å². The average molecular weight is 341 g/mol. The van der Waals surface area contributed by atoms with Gasteiger partial charge >= 0.3 is 0 Å². The largest absolute Gasteiger partial charge is 0.461 e. The third-order valence-electron chi connectivity index (χ3n) is 3.84. The number of hydrogen-bond donors (Lipinski definition) is 2. The van der Waals surface area contributed by atoms with Crippen LogP contribution in [-0.2, 0) is 0 Å². The summed E-state index contributed by atoms with van der Waals surface area (Å²) in [6, 6.07) is 8.81. The second-order valence-corrected chi connectivity index (χ2v) is 5.49. The fourth-order valence-electron chi connectivity index (χ4n) is 2.54. The van der Waals surface area contributed by atoms with Gasteiger partial charge in [-0.3, -0.25) is 9.59 Å². The van der Waals surface area contributed by atoms with Crippen molar-refractivity contribution < 1.29 is 18.4 Å². The highest BCUT2D eigenvalue weighted by Crippen LogP contribution is 2.28. The number of carbonyl (C=O) groups is 2. The molecule has 0 aliphatic carbocycles. The van der Waals surface area contributed by atoms with Crippen LogP contribution in [0.3, 0.4) is 0 Å². The number of rotatable bonds is 4. The molecule has 25 heavy (non-hydrogen) atoms. The van der Waals surface area contributed by atoms with Crippen molar-refractivity contribution in [3.05, 3.63) is 65.4 Å². The Hall–Kier alpha value is -3.22. The summed E-state index contributed by atoms with van der Waals surface area (Å²) in [4.78, 5) is 28.1. The van der Waals surface area contributed by atoms with E-state index in [1.54, 1.807) is 25.1 Å².